The van der Waals surface area contributed by atoms with Gasteiger partial charge in [0.2, 0.25) is 0 Å². The molecule has 2 heteroatoms. The fourth-order valence-corrected chi connectivity index (χ4v) is 2.55. The van der Waals surface area contributed by atoms with E-state index in [1.54, 1.807) is 7.11 Å². The van der Waals surface area contributed by atoms with Gasteiger partial charge in [-0.25, -0.2) is 0 Å². The van der Waals surface area contributed by atoms with Crippen LogP contribution in [0, 0.1) is 5.92 Å². The average Bonchev–Trinajstić information content (AvgIpc) is 2.37. The first-order valence-electron chi connectivity index (χ1n) is 7.20. The number of benzene rings is 1. The van der Waals surface area contributed by atoms with Gasteiger partial charge in [-0.15, -0.1) is 0 Å². The zero-order valence-electron chi connectivity index (χ0n) is 11.6. The first-order chi connectivity index (χ1) is 8.83. The van der Waals surface area contributed by atoms with E-state index in [2.05, 4.69) is 36.5 Å². The monoisotopic (exact) mass is 247 g/mol. The Bertz CT molecular complexity index is 343. The molecule has 1 saturated carbocycles. The van der Waals surface area contributed by atoms with Crippen LogP contribution >= 0.6 is 0 Å². The summed E-state index contributed by atoms with van der Waals surface area (Å²) in [6.07, 6.45) is 6.73. The number of hydrogen-bond donors (Lipinski definition) is 1. The quantitative estimate of drug-likeness (QED) is 0.788. The summed E-state index contributed by atoms with van der Waals surface area (Å²) in [5.74, 6) is 1.87. The molecule has 1 aliphatic carbocycles. The van der Waals surface area contributed by atoms with E-state index < -0.39 is 0 Å². The summed E-state index contributed by atoms with van der Waals surface area (Å²) in [5.41, 5.74) is 1.40. The number of hydrogen-bond acceptors (Lipinski definition) is 2. The summed E-state index contributed by atoms with van der Waals surface area (Å²) >= 11 is 0. The van der Waals surface area contributed by atoms with Crippen LogP contribution in [0.4, 0.5) is 0 Å². The summed E-state index contributed by atoms with van der Waals surface area (Å²) in [6, 6.07) is 9.05. The van der Waals surface area contributed by atoms with Crippen molar-refractivity contribution >= 4 is 0 Å². The maximum Gasteiger partial charge on any atom is 0.118 e. The summed E-state index contributed by atoms with van der Waals surface area (Å²) < 4.78 is 5.22. The first kappa shape index (κ1) is 13.4. The standard InChI is InChI=1S/C16H25NO/c1-3-11-17-16(12-13-5-4-6-13)14-7-9-15(18-2)10-8-14/h7-10,13,16-17H,3-6,11-12H2,1-2H3. The van der Waals surface area contributed by atoms with Crippen molar-refractivity contribution in [2.24, 2.45) is 5.92 Å². The lowest BCUT2D eigenvalue weighted by molar-refractivity contribution is 0.261. The van der Waals surface area contributed by atoms with Crippen LogP contribution in [0.5, 0.6) is 5.75 Å². The molecule has 2 rings (SSSR count). The SMILES string of the molecule is CCCNC(CC1CCC1)c1ccc(OC)cc1. The predicted molar refractivity (Wildman–Crippen MR) is 76.0 cm³/mol. The lowest BCUT2D eigenvalue weighted by Crippen LogP contribution is -2.26. The molecule has 1 fully saturated rings. The predicted octanol–water partition coefficient (Wildman–Crippen LogP) is 3.93. The molecule has 1 aromatic rings. The van der Waals surface area contributed by atoms with E-state index in [4.69, 9.17) is 4.74 Å². The van der Waals surface area contributed by atoms with E-state index in [1.165, 1.54) is 37.7 Å². The minimum atomic E-state index is 0.515. The van der Waals surface area contributed by atoms with Gasteiger partial charge < -0.3 is 10.1 Å². The van der Waals surface area contributed by atoms with Gasteiger partial charge in [0, 0.05) is 6.04 Å². The van der Waals surface area contributed by atoms with Gasteiger partial charge in [-0.1, -0.05) is 38.3 Å². The summed E-state index contributed by atoms with van der Waals surface area (Å²) in [6.45, 7) is 3.32. The van der Waals surface area contributed by atoms with Gasteiger partial charge in [-0.05, 0) is 43.0 Å². The number of methoxy groups -OCH3 is 1. The van der Waals surface area contributed by atoms with Crippen LogP contribution in [0.2, 0.25) is 0 Å². The van der Waals surface area contributed by atoms with Gasteiger partial charge in [0.15, 0.2) is 0 Å². The fourth-order valence-electron chi connectivity index (χ4n) is 2.55. The third-order valence-corrected chi connectivity index (χ3v) is 3.95. The minimum absolute atomic E-state index is 0.515. The second-order valence-electron chi connectivity index (χ2n) is 5.31. The normalized spacial score (nSPS) is 17.2. The highest BCUT2D eigenvalue weighted by atomic mass is 16.5. The second-order valence-corrected chi connectivity index (χ2v) is 5.31. The Morgan fingerprint density at radius 1 is 1.28 bits per heavy atom. The Balaban J connectivity index is 2.00. The molecule has 0 radical (unpaired) electrons. The van der Waals surface area contributed by atoms with Crippen molar-refractivity contribution in [2.45, 2.75) is 45.1 Å². The van der Waals surface area contributed by atoms with Crippen molar-refractivity contribution in [2.75, 3.05) is 13.7 Å². The van der Waals surface area contributed by atoms with E-state index in [-0.39, 0.29) is 0 Å². The van der Waals surface area contributed by atoms with Crippen molar-refractivity contribution in [1.82, 2.24) is 5.32 Å². The number of nitrogens with one attached hydrogen (secondary N) is 1. The van der Waals surface area contributed by atoms with E-state index in [1.807, 2.05) is 0 Å². The largest absolute Gasteiger partial charge is 0.497 e. The molecular formula is C16H25NO. The number of rotatable bonds is 7. The molecule has 1 unspecified atom stereocenters. The van der Waals surface area contributed by atoms with Crippen molar-refractivity contribution in [3.05, 3.63) is 29.8 Å². The highest BCUT2D eigenvalue weighted by Crippen LogP contribution is 2.35. The molecule has 0 bridgehead atoms. The third-order valence-electron chi connectivity index (χ3n) is 3.95. The van der Waals surface area contributed by atoms with Crippen molar-refractivity contribution in [3.63, 3.8) is 0 Å². The molecule has 1 atom stereocenters. The van der Waals surface area contributed by atoms with Gasteiger partial charge in [-0.3, -0.25) is 0 Å². The average molecular weight is 247 g/mol. The zero-order valence-corrected chi connectivity index (χ0v) is 11.6. The van der Waals surface area contributed by atoms with Crippen molar-refractivity contribution < 1.29 is 4.74 Å². The lowest BCUT2D eigenvalue weighted by Gasteiger charge is -2.30. The van der Waals surface area contributed by atoms with Crippen molar-refractivity contribution in [3.8, 4) is 5.75 Å². The van der Waals surface area contributed by atoms with Crippen LogP contribution in [-0.2, 0) is 0 Å². The Morgan fingerprint density at radius 2 is 2.00 bits per heavy atom. The Labute approximate surface area is 111 Å². The molecule has 0 heterocycles. The summed E-state index contributed by atoms with van der Waals surface area (Å²) in [4.78, 5) is 0. The molecule has 2 nitrogen and oxygen atoms in total. The molecule has 0 aliphatic heterocycles. The van der Waals surface area contributed by atoms with E-state index in [0.717, 1.165) is 18.2 Å². The van der Waals surface area contributed by atoms with Crippen LogP contribution in [-0.4, -0.2) is 13.7 Å². The highest BCUT2D eigenvalue weighted by molar-refractivity contribution is 5.29. The molecular weight excluding hydrogens is 222 g/mol. The topological polar surface area (TPSA) is 21.3 Å². The van der Waals surface area contributed by atoms with Crippen LogP contribution in [0.3, 0.4) is 0 Å². The maximum atomic E-state index is 5.22. The Hall–Kier alpha value is -1.02. The smallest absolute Gasteiger partial charge is 0.118 e. The number of ether oxygens (including phenoxy) is 1. The summed E-state index contributed by atoms with van der Waals surface area (Å²) in [5, 5.41) is 3.68. The highest BCUT2D eigenvalue weighted by Gasteiger charge is 2.22. The molecule has 0 amide bonds. The molecule has 1 aromatic carbocycles. The molecule has 0 aromatic heterocycles. The van der Waals surface area contributed by atoms with E-state index >= 15 is 0 Å². The minimum Gasteiger partial charge on any atom is -0.497 e. The van der Waals surface area contributed by atoms with Crippen LogP contribution in [0.25, 0.3) is 0 Å². The first-order valence-corrected chi connectivity index (χ1v) is 7.20. The van der Waals surface area contributed by atoms with Crippen LogP contribution in [0.1, 0.15) is 50.6 Å². The van der Waals surface area contributed by atoms with E-state index in [9.17, 15) is 0 Å². The molecule has 18 heavy (non-hydrogen) atoms. The van der Waals surface area contributed by atoms with Crippen molar-refractivity contribution in [1.29, 1.82) is 0 Å². The summed E-state index contributed by atoms with van der Waals surface area (Å²) in [7, 11) is 1.72. The lowest BCUT2D eigenvalue weighted by atomic mass is 9.79. The van der Waals surface area contributed by atoms with Gasteiger partial charge in [-0.2, -0.15) is 0 Å². The molecule has 100 valence electrons. The van der Waals surface area contributed by atoms with Gasteiger partial charge in [0.25, 0.3) is 0 Å². The second kappa shape index (κ2) is 6.79. The van der Waals surface area contributed by atoms with Gasteiger partial charge >= 0.3 is 0 Å². The molecule has 0 saturated heterocycles. The maximum absolute atomic E-state index is 5.22. The van der Waals surface area contributed by atoms with Crippen LogP contribution in [0.15, 0.2) is 24.3 Å². The zero-order chi connectivity index (χ0) is 12.8. The van der Waals surface area contributed by atoms with Gasteiger partial charge in [0.1, 0.15) is 5.75 Å². The Morgan fingerprint density at radius 3 is 2.50 bits per heavy atom. The molecule has 1 aliphatic rings. The molecule has 0 spiro atoms. The fraction of sp³-hybridized carbons (Fsp3) is 0.625. The van der Waals surface area contributed by atoms with E-state index in [0.29, 0.717) is 6.04 Å². The van der Waals surface area contributed by atoms with Crippen LogP contribution < -0.4 is 10.1 Å². The van der Waals surface area contributed by atoms with Gasteiger partial charge in [0.05, 0.1) is 7.11 Å². The Kier molecular flexibility index (Phi) is 5.06. The third kappa shape index (κ3) is 3.49. The molecule has 1 N–H and O–H groups in total.